The van der Waals surface area contributed by atoms with Crippen molar-refractivity contribution in [1.82, 2.24) is 79.4 Å². The predicted molar refractivity (Wildman–Crippen MR) is 419 cm³/mol. The van der Waals surface area contributed by atoms with Gasteiger partial charge in [-0.1, -0.05) is 18.2 Å². The van der Waals surface area contributed by atoms with Crippen molar-refractivity contribution < 1.29 is 23.6 Å². The molecule has 4 aliphatic heterocycles. The number of hydrogen-bond donors (Lipinski definition) is 4. The summed E-state index contributed by atoms with van der Waals surface area (Å²) < 4.78 is 13.0. The summed E-state index contributed by atoms with van der Waals surface area (Å²) in [5, 5.41) is 0. The third kappa shape index (κ3) is 19.0. The lowest BCUT2D eigenvalue weighted by molar-refractivity contribution is -0.130. The van der Waals surface area contributed by atoms with Crippen LogP contribution in [0.4, 0.5) is 27.1 Å². The number of thiophene rings is 3. The molecular formula is C80H83FN20O4S3. The van der Waals surface area contributed by atoms with Crippen LogP contribution >= 0.6 is 34.0 Å². The number of nitrogens with two attached hydrogens (primary N) is 4. The average Bonchev–Trinajstić information content (AvgIpc) is 1.52. The molecule has 8 N–H and O–H groups in total. The minimum atomic E-state index is -0.461. The molecule has 4 unspecified atom stereocenters. The second-order valence-corrected chi connectivity index (χ2v) is 30.9. The molecule has 16 rings (SSSR count). The summed E-state index contributed by atoms with van der Waals surface area (Å²) >= 11 is 5.03. The number of hydrogen-bond acceptors (Lipinski definition) is 23. The van der Waals surface area contributed by atoms with Gasteiger partial charge in [-0.15, -0.1) is 34.0 Å². The van der Waals surface area contributed by atoms with Crippen molar-refractivity contribution in [3.05, 3.63) is 243 Å². The molecule has 0 saturated carbocycles. The van der Waals surface area contributed by atoms with Gasteiger partial charge in [0.05, 0.1) is 121 Å². The second kappa shape index (κ2) is 34.8. The molecule has 4 atom stereocenters. The number of carbonyl (C=O) groups is 4. The van der Waals surface area contributed by atoms with Crippen LogP contribution in [-0.2, 0) is 44.9 Å². The molecule has 4 fully saturated rings. The quantitative estimate of drug-likeness (QED) is 0.0698. The molecule has 24 nitrogen and oxygen atoms in total. The Morgan fingerprint density at radius 3 is 0.963 bits per heavy atom. The zero-order chi connectivity index (χ0) is 75.2. The summed E-state index contributed by atoms with van der Waals surface area (Å²) in [5.74, 6) is 3.27. The number of aryl methyl sites for hydroxylation is 3. The molecule has 28 heteroatoms. The topological polar surface area (TPSA) is 340 Å². The van der Waals surface area contributed by atoms with Crippen molar-refractivity contribution in [3.63, 3.8) is 0 Å². The number of nitrogen functional groups attached to an aromatic ring is 4. The number of allylic oxidation sites excluding steroid dienone is 4. The summed E-state index contributed by atoms with van der Waals surface area (Å²) in [6, 6.07) is 32.7. The molecule has 108 heavy (non-hydrogen) atoms. The Morgan fingerprint density at radius 2 is 0.685 bits per heavy atom. The highest BCUT2D eigenvalue weighted by molar-refractivity contribution is 7.16. The van der Waals surface area contributed by atoms with Crippen LogP contribution in [-0.4, -0.2) is 155 Å². The lowest BCUT2D eigenvalue weighted by Gasteiger charge is -2.17. The lowest BCUT2D eigenvalue weighted by Crippen LogP contribution is -2.30. The summed E-state index contributed by atoms with van der Waals surface area (Å²) in [6.45, 7) is 11.4. The first-order valence-electron chi connectivity index (χ1n) is 35.9. The molecule has 0 aromatic carbocycles. The van der Waals surface area contributed by atoms with Crippen LogP contribution in [0.1, 0.15) is 122 Å². The van der Waals surface area contributed by atoms with Gasteiger partial charge in [-0.05, 0) is 162 Å². The Labute approximate surface area is 637 Å². The van der Waals surface area contributed by atoms with Crippen molar-refractivity contribution in [2.45, 2.75) is 102 Å². The van der Waals surface area contributed by atoms with E-state index in [1.165, 1.54) is 14.6 Å². The van der Waals surface area contributed by atoms with Gasteiger partial charge in [0, 0.05) is 128 Å². The van der Waals surface area contributed by atoms with Crippen LogP contribution in [0.5, 0.6) is 0 Å². The fourth-order valence-electron chi connectivity index (χ4n) is 13.5. The highest BCUT2D eigenvalue weighted by atomic mass is 32.1. The maximum absolute atomic E-state index is 13.0. The van der Waals surface area contributed by atoms with Crippen molar-refractivity contribution in [2.75, 3.05) is 75.3 Å². The number of carbonyl (C=O) groups excluding carboxylic acids is 4. The maximum Gasteiger partial charge on any atom is 0.228 e. The first kappa shape index (κ1) is 74.8. The first-order valence-corrected chi connectivity index (χ1v) is 38.3. The highest BCUT2D eigenvalue weighted by Crippen LogP contribution is 2.35. The second-order valence-electron chi connectivity index (χ2n) is 27.1. The molecule has 552 valence electrons. The van der Waals surface area contributed by atoms with E-state index >= 15 is 0 Å². The number of nitrogens with zero attached hydrogens (tertiary/aromatic N) is 16. The van der Waals surface area contributed by atoms with Crippen molar-refractivity contribution in [3.8, 4) is 31.7 Å². The monoisotopic (exact) mass is 1500 g/mol. The van der Waals surface area contributed by atoms with Crippen LogP contribution in [0.15, 0.2) is 171 Å². The number of halogens is 1. The van der Waals surface area contributed by atoms with E-state index in [4.69, 9.17) is 22.9 Å². The summed E-state index contributed by atoms with van der Waals surface area (Å²) in [5.41, 5.74) is 33.6. The van der Waals surface area contributed by atoms with Gasteiger partial charge < -0.3 is 42.5 Å². The van der Waals surface area contributed by atoms with Gasteiger partial charge in [-0.2, -0.15) is 0 Å². The summed E-state index contributed by atoms with van der Waals surface area (Å²) in [7, 11) is 0. The van der Waals surface area contributed by atoms with E-state index in [2.05, 4.69) is 110 Å². The molecule has 0 bridgehead atoms. The number of likely N-dealkylation sites (tertiary alicyclic amines) is 4. The summed E-state index contributed by atoms with van der Waals surface area (Å²) in [4.78, 5) is 118. The van der Waals surface area contributed by atoms with Crippen molar-refractivity contribution in [1.29, 1.82) is 0 Å². The Hall–Kier alpha value is -11.5. The van der Waals surface area contributed by atoms with Crippen LogP contribution < -0.4 is 22.9 Å². The van der Waals surface area contributed by atoms with Gasteiger partial charge in [0.1, 0.15) is 23.3 Å². The van der Waals surface area contributed by atoms with E-state index < -0.39 is 5.82 Å². The van der Waals surface area contributed by atoms with Crippen molar-refractivity contribution >= 4 is 86.0 Å². The first-order chi connectivity index (χ1) is 52.4. The molecule has 4 amide bonds. The summed E-state index contributed by atoms with van der Waals surface area (Å²) in [6.07, 6.45) is 24.0. The zero-order valence-electron chi connectivity index (χ0n) is 60.2. The Morgan fingerprint density at radius 1 is 0.398 bits per heavy atom. The van der Waals surface area contributed by atoms with Gasteiger partial charge in [-0.25, -0.2) is 59.2 Å². The van der Waals surface area contributed by atoms with Crippen LogP contribution in [0, 0.1) is 26.6 Å². The van der Waals surface area contributed by atoms with Crippen LogP contribution in [0.25, 0.3) is 37.3 Å². The SMILES string of the molecule is Cc1ccc(-c2ccc(N)c(CC(=O)N3CCC(c4ncc(F)cn4)C3)n2)s1.Cc1ccc(-c2ccc(N)c(CC(=O)N3CCC(c4ncccn4)C3)n2)s1.Cc1ccc(-c2ccc(N)c(CC(=O)N3CCC(c4ncccn4)C3)n2)s1.Nc1ccc(C2=CC=CC2)nc1CC(=O)N1CCC(c2ncccn2)C1. The van der Waals surface area contributed by atoms with Gasteiger partial charge >= 0.3 is 0 Å². The van der Waals surface area contributed by atoms with E-state index in [0.29, 0.717) is 97.2 Å². The Balaban J connectivity index is 0.000000127. The minimum absolute atomic E-state index is 0.0234. The van der Waals surface area contributed by atoms with Crippen LogP contribution in [0.2, 0.25) is 0 Å². The number of aromatic nitrogens is 12. The molecule has 5 aliphatic rings. The smallest absolute Gasteiger partial charge is 0.228 e. The molecule has 4 saturated heterocycles. The number of amides is 4. The molecular weight excluding hydrogens is 1420 g/mol. The third-order valence-electron chi connectivity index (χ3n) is 19.4. The largest absolute Gasteiger partial charge is 0.397 e. The average molecular weight is 1500 g/mol. The predicted octanol–water partition coefficient (Wildman–Crippen LogP) is 11.6. The van der Waals surface area contributed by atoms with Crippen molar-refractivity contribution in [2.24, 2.45) is 0 Å². The highest BCUT2D eigenvalue weighted by Gasteiger charge is 2.34. The number of pyridine rings is 4. The van der Waals surface area contributed by atoms with Crippen LogP contribution in [0.3, 0.4) is 0 Å². The molecule has 0 spiro atoms. The van der Waals surface area contributed by atoms with E-state index in [-0.39, 0.29) is 73.0 Å². The molecule has 1 aliphatic carbocycles. The lowest BCUT2D eigenvalue weighted by atomic mass is 10.1. The van der Waals surface area contributed by atoms with E-state index in [0.717, 1.165) is 111 Å². The molecule has 0 radical (unpaired) electrons. The number of anilines is 4. The number of rotatable bonds is 16. The van der Waals surface area contributed by atoms with E-state index in [9.17, 15) is 23.6 Å². The molecule has 15 heterocycles. The minimum Gasteiger partial charge on any atom is -0.397 e. The molecule has 11 aromatic rings. The fraction of sp³-hybridized carbons (Fsp3) is 0.300. The van der Waals surface area contributed by atoms with Gasteiger partial charge in [0.25, 0.3) is 0 Å². The Kier molecular flexibility index (Phi) is 24.1. The molecule has 11 aromatic heterocycles. The van der Waals surface area contributed by atoms with Gasteiger partial charge in [-0.3, -0.25) is 24.2 Å². The third-order valence-corrected chi connectivity index (χ3v) is 22.5. The standard InChI is InChI=1S/C20H20FN5OS.2C20H21N5OS.C20H21N5O/c1-12-2-5-18(28-12)16-4-3-15(22)17(25-16)8-19(27)26-7-6-13(11-26)20-23-9-14(21)10-24-20;2*1-13-3-6-18(27-13)16-5-4-15(21)17(24-16)11-19(26)25-10-7-14(12-25)20-22-8-2-9-23-20;21-16-6-7-17(14-4-1-2-5-14)24-18(16)12-19(26)25-11-8-15(13-25)20-22-9-3-10-23-20/h2-5,9-10,13H,6-8,11,22H2,1H3;2*2-6,8-9,14H,7,10-12,21H2,1H3;1-4,6-7,9-10,15H,5,8,11-13,21H2. The fourth-order valence-corrected chi connectivity index (χ4v) is 16.0. The maximum atomic E-state index is 13.0. The van der Waals surface area contributed by atoms with E-state index in [1.807, 2.05) is 82.3 Å². The van der Waals surface area contributed by atoms with E-state index in [1.54, 1.807) is 100 Å². The Bertz CT molecular complexity index is 4890. The van der Waals surface area contributed by atoms with Gasteiger partial charge in [0.15, 0.2) is 5.82 Å². The normalized spacial score (nSPS) is 17.2. The zero-order valence-corrected chi connectivity index (χ0v) is 62.6. The van der Waals surface area contributed by atoms with Gasteiger partial charge in [0.2, 0.25) is 23.6 Å².